The van der Waals surface area contributed by atoms with Crippen molar-refractivity contribution in [2.75, 3.05) is 4.90 Å². The predicted octanol–water partition coefficient (Wildman–Crippen LogP) is 6.75. The number of allylic oxidation sites excluding steroid dienone is 2. The smallest absolute Gasteiger partial charge is 0.508 e. The first kappa shape index (κ1) is 35.7. The number of imide groups is 2. The molecule has 6 atom stereocenters. The maximum Gasteiger partial charge on any atom is 0.573 e. The number of nitrogens with zero attached hydrogens (tertiary/aromatic N) is 2. The van der Waals surface area contributed by atoms with Gasteiger partial charge in [-0.3, -0.25) is 24.1 Å². The van der Waals surface area contributed by atoms with E-state index >= 15 is 8.78 Å². The van der Waals surface area contributed by atoms with E-state index in [-0.39, 0.29) is 18.5 Å². The summed E-state index contributed by atoms with van der Waals surface area (Å²) < 4.78 is 117. The van der Waals surface area contributed by atoms with Gasteiger partial charge in [-0.2, -0.15) is 0 Å². The fourth-order valence-corrected chi connectivity index (χ4v) is 8.79. The number of alkyl halides is 5. The number of ether oxygens (including phenoxy) is 1. The molecule has 6 unspecified atom stereocenters. The van der Waals surface area contributed by atoms with Crippen LogP contribution in [0.1, 0.15) is 29.9 Å². The lowest BCUT2D eigenvalue weighted by molar-refractivity contribution is -0.274. The molecule has 272 valence electrons. The summed E-state index contributed by atoms with van der Waals surface area (Å²) in [6.45, 7) is -0.175. The van der Waals surface area contributed by atoms with Crippen molar-refractivity contribution < 1.29 is 64.1 Å². The predicted molar refractivity (Wildman–Crippen MR) is 163 cm³/mol. The Labute approximate surface area is 297 Å². The Morgan fingerprint density at radius 2 is 1.44 bits per heavy atom. The van der Waals surface area contributed by atoms with E-state index < -0.39 is 127 Å². The molecule has 3 fully saturated rings. The van der Waals surface area contributed by atoms with Crippen LogP contribution in [-0.2, 0) is 25.7 Å². The van der Waals surface area contributed by atoms with Gasteiger partial charge in [0.2, 0.25) is 17.6 Å². The second-order valence-corrected chi connectivity index (χ2v) is 14.0. The van der Waals surface area contributed by atoms with Crippen LogP contribution in [0.5, 0.6) is 11.5 Å². The Morgan fingerprint density at radius 3 is 2.06 bits per heavy atom. The second-order valence-electron chi connectivity index (χ2n) is 12.7. The number of fused-ring (bicyclic) bond motifs is 4. The Bertz CT molecular complexity index is 2110. The van der Waals surface area contributed by atoms with Crippen LogP contribution in [-0.4, -0.2) is 49.7 Å². The second kappa shape index (κ2) is 11.9. The SMILES string of the molecule is O=C1C2CC=C3C(CC4(Cl)C(=O)N(c5c(F)c(F)c(F)c(F)c5F)C(=O)C4(Cl)C3c3cc(OC(F)(F)F)ccc3O)C2C(=O)N1Cc1ccccc1. The first-order valence-electron chi connectivity index (χ1n) is 15.3. The van der Waals surface area contributed by atoms with Gasteiger partial charge in [-0.25, -0.2) is 26.9 Å². The highest BCUT2D eigenvalue weighted by Gasteiger charge is 2.77. The molecule has 0 radical (unpaired) electrons. The lowest BCUT2D eigenvalue weighted by atomic mass is 9.56. The zero-order valence-corrected chi connectivity index (χ0v) is 27.3. The van der Waals surface area contributed by atoms with Gasteiger partial charge in [0.15, 0.2) is 33.0 Å². The van der Waals surface area contributed by atoms with Crippen LogP contribution in [0.4, 0.5) is 40.8 Å². The molecule has 2 aliphatic heterocycles. The molecule has 3 aromatic carbocycles. The van der Waals surface area contributed by atoms with E-state index in [9.17, 15) is 50.6 Å². The minimum Gasteiger partial charge on any atom is -0.508 e. The number of carbonyl (C=O) groups is 4. The highest BCUT2D eigenvalue weighted by atomic mass is 35.5. The number of hydrogen-bond acceptors (Lipinski definition) is 6. The van der Waals surface area contributed by atoms with Crippen molar-refractivity contribution in [2.45, 2.75) is 41.4 Å². The van der Waals surface area contributed by atoms with Crippen LogP contribution in [0.25, 0.3) is 0 Å². The minimum absolute atomic E-state index is 0.0740. The highest BCUT2D eigenvalue weighted by Crippen LogP contribution is 2.67. The summed E-state index contributed by atoms with van der Waals surface area (Å²) in [6.07, 6.45) is -5.00. The molecule has 2 saturated heterocycles. The van der Waals surface area contributed by atoms with Crippen LogP contribution in [0.15, 0.2) is 60.2 Å². The minimum atomic E-state index is -5.28. The molecule has 2 aliphatic carbocycles. The van der Waals surface area contributed by atoms with Crippen molar-refractivity contribution in [1.82, 2.24) is 4.90 Å². The molecule has 1 saturated carbocycles. The zero-order valence-electron chi connectivity index (χ0n) is 25.8. The van der Waals surface area contributed by atoms with Crippen LogP contribution in [0.3, 0.4) is 0 Å². The molecular formula is C34H20Cl2F8N2O6. The number of amides is 4. The quantitative estimate of drug-likeness (QED) is 0.0769. The van der Waals surface area contributed by atoms with E-state index in [0.717, 1.165) is 11.0 Å². The summed E-state index contributed by atoms with van der Waals surface area (Å²) >= 11 is 14.0. The average Bonchev–Trinajstić information content (AvgIpc) is 3.41. The molecule has 0 spiro atoms. The summed E-state index contributed by atoms with van der Waals surface area (Å²) in [4.78, 5) is 50.8. The van der Waals surface area contributed by atoms with E-state index in [1.807, 2.05) is 0 Å². The number of phenolic OH excluding ortho intramolecular Hbond substituents is 1. The van der Waals surface area contributed by atoms with Gasteiger partial charge in [0.25, 0.3) is 11.8 Å². The monoisotopic (exact) mass is 774 g/mol. The highest BCUT2D eigenvalue weighted by molar-refractivity contribution is 6.58. The third-order valence-electron chi connectivity index (χ3n) is 10.0. The number of likely N-dealkylation sites (tertiary alicyclic amines) is 1. The van der Waals surface area contributed by atoms with E-state index in [0.29, 0.717) is 17.7 Å². The van der Waals surface area contributed by atoms with Crippen LogP contribution < -0.4 is 9.64 Å². The summed E-state index contributed by atoms with van der Waals surface area (Å²) in [6, 6.07) is 10.3. The number of benzene rings is 3. The van der Waals surface area contributed by atoms with Gasteiger partial charge in [0, 0.05) is 11.5 Å². The fourth-order valence-electron chi connectivity index (χ4n) is 7.86. The number of hydrogen-bond donors (Lipinski definition) is 1. The van der Waals surface area contributed by atoms with Gasteiger partial charge >= 0.3 is 6.36 Å². The molecule has 7 rings (SSSR count). The van der Waals surface area contributed by atoms with Crippen LogP contribution >= 0.6 is 23.2 Å². The molecule has 52 heavy (non-hydrogen) atoms. The van der Waals surface area contributed by atoms with E-state index in [4.69, 9.17) is 23.2 Å². The van der Waals surface area contributed by atoms with Crippen molar-refractivity contribution in [1.29, 1.82) is 0 Å². The molecule has 0 bridgehead atoms. The first-order valence-corrected chi connectivity index (χ1v) is 16.0. The van der Waals surface area contributed by atoms with Gasteiger partial charge in [0.05, 0.1) is 18.4 Å². The summed E-state index contributed by atoms with van der Waals surface area (Å²) in [5.41, 5.74) is -2.19. The van der Waals surface area contributed by atoms with E-state index in [2.05, 4.69) is 4.74 Å². The van der Waals surface area contributed by atoms with Gasteiger partial charge in [-0.15, -0.1) is 36.4 Å². The number of anilines is 1. The zero-order chi connectivity index (χ0) is 37.8. The van der Waals surface area contributed by atoms with E-state index in [1.54, 1.807) is 30.3 Å². The first-order chi connectivity index (χ1) is 24.3. The number of carbonyl (C=O) groups excluding carboxylic acids is 4. The van der Waals surface area contributed by atoms with Crippen molar-refractivity contribution >= 4 is 52.5 Å². The maximum atomic E-state index is 15.2. The third-order valence-corrected chi connectivity index (χ3v) is 11.5. The van der Waals surface area contributed by atoms with Crippen molar-refractivity contribution in [3.63, 3.8) is 0 Å². The summed E-state index contributed by atoms with van der Waals surface area (Å²) in [7, 11) is 0. The number of rotatable bonds is 5. The molecular weight excluding hydrogens is 755 g/mol. The van der Waals surface area contributed by atoms with Crippen molar-refractivity contribution in [2.24, 2.45) is 17.8 Å². The molecule has 4 aliphatic rings. The fraction of sp³-hybridized carbons (Fsp3) is 0.294. The van der Waals surface area contributed by atoms with Gasteiger partial charge in [-0.05, 0) is 42.5 Å². The van der Waals surface area contributed by atoms with Gasteiger partial charge in [0.1, 0.15) is 17.2 Å². The molecule has 1 N–H and O–H groups in total. The Hall–Kier alpha value is -4.70. The van der Waals surface area contributed by atoms with Crippen LogP contribution in [0.2, 0.25) is 0 Å². The molecule has 4 amide bonds. The topological polar surface area (TPSA) is 104 Å². The number of aromatic hydroxyl groups is 1. The number of phenols is 1. The number of halogens is 10. The molecule has 2 heterocycles. The average molecular weight is 775 g/mol. The molecule has 18 heteroatoms. The van der Waals surface area contributed by atoms with Crippen molar-refractivity contribution in [3.8, 4) is 11.5 Å². The summed E-state index contributed by atoms with van der Waals surface area (Å²) in [5, 5.41) is 11.0. The molecule has 3 aromatic rings. The third kappa shape index (κ3) is 4.93. The Kier molecular flexibility index (Phi) is 8.18. The molecule has 8 nitrogen and oxygen atoms in total. The van der Waals surface area contributed by atoms with E-state index in [1.165, 1.54) is 6.08 Å². The maximum absolute atomic E-state index is 15.2. The Morgan fingerprint density at radius 1 is 0.827 bits per heavy atom. The van der Waals surface area contributed by atoms with Gasteiger partial charge in [-0.1, -0.05) is 42.0 Å². The standard InChI is InChI=1S/C34H20Cl2F8N2O6/c35-32-11-18-15(7-8-16-20(18)29(49)45(28(16)48)12-13-4-2-1-3-5-13)21(17-10-14(6-9-19(17)47)52-34(42,43)44)33(32,36)31(51)46(30(32)50)27-25(40)23(38)22(37)24(39)26(27)41/h1-7,9-10,16,18,20-21,47H,8,11-12H2. The normalized spacial score (nSPS) is 28.5. The van der Waals surface area contributed by atoms with Gasteiger partial charge < -0.3 is 9.84 Å². The van der Waals surface area contributed by atoms with Crippen molar-refractivity contribution in [3.05, 3.63) is 100 Å². The molecule has 0 aromatic heterocycles. The summed E-state index contributed by atoms with van der Waals surface area (Å²) in [5.74, 6) is -25.5. The largest absolute Gasteiger partial charge is 0.573 e. The van der Waals surface area contributed by atoms with Crippen LogP contribution in [0, 0.1) is 46.8 Å². The lowest BCUT2D eigenvalue weighted by Crippen LogP contribution is -2.60. The lowest BCUT2D eigenvalue weighted by Gasteiger charge is -2.50. The Balaban J connectivity index is 1.43.